The molecular formula is C99H66N6. The highest BCUT2D eigenvalue weighted by Crippen LogP contribution is 2.58. The largest absolute Gasteiger partial charge is 0.309 e. The van der Waals surface area contributed by atoms with E-state index in [1.807, 2.05) is 12.4 Å². The third kappa shape index (κ3) is 8.17. The van der Waals surface area contributed by atoms with Crippen LogP contribution in [0.5, 0.6) is 0 Å². The molecule has 3 aromatic heterocycles. The first-order chi connectivity index (χ1) is 51.9. The molecule has 15 aromatic rings. The summed E-state index contributed by atoms with van der Waals surface area (Å²) in [6.07, 6.45) is 20.0. The molecule has 0 spiro atoms. The SMILES string of the molecule is c1ccc2c(c1)Cc1cc3c(cc1-2)Cc1cc2c(cc1-3)Cc1ccnc3c1N2c1ccccc1C3.c1ccc2c(c1)Cc1cc3c(cc1-2)Cc1cc2c(cc1-3)Cc1cncc3c1N2c1ccccc1C3.c1ccc2c(c1)Cc1cc3c(cc1-2)Cc1cc2c(cc1-3)Cc1nccc3c1N2c1ccccc1C3. The molecule has 0 saturated carbocycles. The first-order valence-corrected chi connectivity index (χ1v) is 37.7. The van der Waals surface area contributed by atoms with Crippen LogP contribution in [0.2, 0.25) is 0 Å². The van der Waals surface area contributed by atoms with Crippen LogP contribution >= 0.6 is 0 Å². The first kappa shape index (κ1) is 57.1. The van der Waals surface area contributed by atoms with Crippen LogP contribution in [0.25, 0.3) is 66.8 Å². The minimum absolute atomic E-state index is 0.899. The highest BCUT2D eigenvalue weighted by atomic mass is 15.2. The van der Waals surface area contributed by atoms with Crippen LogP contribution in [0.4, 0.5) is 51.2 Å². The van der Waals surface area contributed by atoms with Gasteiger partial charge >= 0.3 is 0 Å². The number of para-hydroxylation sites is 3. The molecule has 6 heteroatoms. The number of benzene rings is 12. The summed E-state index contributed by atoms with van der Waals surface area (Å²) < 4.78 is 0. The van der Waals surface area contributed by atoms with E-state index in [2.05, 4.69) is 263 Å². The lowest BCUT2D eigenvalue weighted by Gasteiger charge is -2.39. The molecule has 0 atom stereocenters. The van der Waals surface area contributed by atoms with Crippen LogP contribution < -0.4 is 14.7 Å². The minimum Gasteiger partial charge on any atom is -0.309 e. The van der Waals surface area contributed by atoms with Crippen LogP contribution in [0.15, 0.2) is 255 Å². The van der Waals surface area contributed by atoms with Crippen LogP contribution in [0.1, 0.15) is 134 Å². The van der Waals surface area contributed by atoms with Crippen molar-refractivity contribution in [2.75, 3.05) is 14.7 Å². The Kier molecular flexibility index (Phi) is 11.5. The van der Waals surface area contributed by atoms with Gasteiger partial charge in [-0.15, -0.1) is 0 Å². The van der Waals surface area contributed by atoms with Crippen molar-refractivity contribution in [2.45, 2.75) is 77.0 Å². The van der Waals surface area contributed by atoms with Gasteiger partial charge in [0.2, 0.25) is 0 Å². The zero-order chi connectivity index (χ0) is 68.0. The van der Waals surface area contributed by atoms with E-state index in [1.54, 1.807) is 0 Å². The number of nitrogens with zero attached hydrogens (tertiary/aromatic N) is 6. The van der Waals surface area contributed by atoms with Gasteiger partial charge in [0.05, 0.1) is 45.5 Å². The molecule has 6 aliphatic heterocycles. The highest BCUT2D eigenvalue weighted by Gasteiger charge is 2.39. The van der Waals surface area contributed by atoms with Crippen molar-refractivity contribution in [3.8, 4) is 66.8 Å². The highest BCUT2D eigenvalue weighted by molar-refractivity contribution is 5.97. The van der Waals surface area contributed by atoms with E-state index in [-0.39, 0.29) is 0 Å². The van der Waals surface area contributed by atoms with Gasteiger partial charge < -0.3 is 14.7 Å². The van der Waals surface area contributed by atoms with E-state index in [1.165, 1.54) is 252 Å². The van der Waals surface area contributed by atoms with Gasteiger partial charge in [0, 0.05) is 80.4 Å². The van der Waals surface area contributed by atoms with E-state index < -0.39 is 0 Å². The summed E-state index contributed by atoms with van der Waals surface area (Å²) in [5.41, 5.74) is 62.8. The molecule has 0 fully saturated rings. The number of rotatable bonds is 0. The zero-order valence-corrected chi connectivity index (χ0v) is 57.9. The van der Waals surface area contributed by atoms with Gasteiger partial charge in [0.25, 0.3) is 0 Å². The zero-order valence-electron chi connectivity index (χ0n) is 57.9. The fourth-order valence-electron chi connectivity index (χ4n) is 21.0. The maximum Gasteiger partial charge on any atom is 0.0716 e. The number of fused-ring (bicyclic) bond motifs is 30. The summed E-state index contributed by atoms with van der Waals surface area (Å²) in [5.74, 6) is 0. The second kappa shape index (κ2) is 21.1. The van der Waals surface area contributed by atoms with Crippen molar-refractivity contribution in [3.05, 3.63) is 389 Å². The molecule has 27 rings (SSSR count). The van der Waals surface area contributed by atoms with Crippen LogP contribution in [-0.4, -0.2) is 15.0 Å². The Labute approximate surface area is 609 Å². The molecule has 6 aliphatic carbocycles. The predicted octanol–water partition coefficient (Wildman–Crippen LogP) is 22.5. The maximum absolute atomic E-state index is 4.85. The molecule has 6 nitrogen and oxygen atoms in total. The summed E-state index contributed by atoms with van der Waals surface area (Å²) in [5, 5.41) is 0. The van der Waals surface area contributed by atoms with Gasteiger partial charge in [0.15, 0.2) is 0 Å². The maximum atomic E-state index is 4.85. The van der Waals surface area contributed by atoms with Gasteiger partial charge in [0.1, 0.15) is 0 Å². The molecule has 9 heterocycles. The van der Waals surface area contributed by atoms with Gasteiger partial charge in [-0.2, -0.15) is 0 Å². The fraction of sp³-hybridized carbons (Fsp3) is 0.121. The molecular weight excluding hydrogens is 1270 g/mol. The Bertz CT molecular complexity index is 5900. The molecule has 105 heavy (non-hydrogen) atoms. The topological polar surface area (TPSA) is 48.4 Å². The monoisotopic (exact) mass is 1340 g/mol. The second-order valence-corrected chi connectivity index (χ2v) is 31.2. The van der Waals surface area contributed by atoms with E-state index >= 15 is 0 Å². The van der Waals surface area contributed by atoms with Crippen molar-refractivity contribution in [1.82, 2.24) is 15.0 Å². The average Bonchev–Trinajstić information content (AvgIpc) is 1.71. The molecule has 12 aliphatic rings. The number of pyridine rings is 3. The van der Waals surface area contributed by atoms with Gasteiger partial charge in [-0.25, -0.2) is 0 Å². The standard InChI is InChI=1S/3C33H22N2/c1-3-7-27-19(5-1)9-21-14-29-22(13-28(21)27)11-23-16-32-24(15-30(23)29)12-26-18-34-17-25-10-20-6-2-4-8-31(20)35(32)33(25)26;1-3-7-26-19(5-1)11-22-15-28-23(14-27(22)26)13-24-18-32-25(16-29(24)28)12-21-9-10-34-30-17-20-6-2-4-8-31(20)35(32)33(21)30;1-3-7-26-19(5-1)11-22-15-28-23(14-27(22)26)13-24-18-32-25(16-29(24)28)17-30-33-21(9-10-34-30)12-20-6-2-4-8-31(20)35(32)33/h1-8,13-18H,9-12H2;2*1-10,14-16,18H,11-13,17H2. The summed E-state index contributed by atoms with van der Waals surface area (Å²) >= 11 is 0. The third-order valence-electron chi connectivity index (χ3n) is 25.5. The number of anilines is 9. The molecule has 12 aromatic carbocycles. The minimum atomic E-state index is 0.899. The second-order valence-electron chi connectivity index (χ2n) is 31.2. The smallest absolute Gasteiger partial charge is 0.0716 e. The molecule has 0 N–H and O–H groups in total. The summed E-state index contributed by atoms with van der Waals surface area (Å²) in [7, 11) is 0. The summed E-state index contributed by atoms with van der Waals surface area (Å²) in [6.45, 7) is 0. The van der Waals surface area contributed by atoms with Crippen LogP contribution in [-0.2, 0) is 77.0 Å². The number of hydrogen-bond donors (Lipinski definition) is 0. The Morgan fingerprint density at radius 1 is 0.181 bits per heavy atom. The Hall–Kier alpha value is -12.5. The average molecular weight is 1340 g/mol. The third-order valence-corrected chi connectivity index (χ3v) is 25.5. The molecule has 492 valence electrons. The fourth-order valence-corrected chi connectivity index (χ4v) is 21.0. The van der Waals surface area contributed by atoms with Gasteiger partial charge in [-0.1, -0.05) is 127 Å². The molecule has 0 unspecified atom stereocenters. The lowest BCUT2D eigenvalue weighted by atomic mass is 9.86. The van der Waals surface area contributed by atoms with Crippen LogP contribution in [0.3, 0.4) is 0 Å². The van der Waals surface area contributed by atoms with Crippen molar-refractivity contribution in [2.24, 2.45) is 0 Å². The Morgan fingerprint density at radius 3 is 0.838 bits per heavy atom. The van der Waals surface area contributed by atoms with Crippen molar-refractivity contribution in [1.29, 1.82) is 0 Å². The van der Waals surface area contributed by atoms with E-state index in [0.29, 0.717) is 0 Å². The van der Waals surface area contributed by atoms with Crippen molar-refractivity contribution in [3.63, 3.8) is 0 Å². The first-order valence-electron chi connectivity index (χ1n) is 37.7. The van der Waals surface area contributed by atoms with Crippen molar-refractivity contribution < 1.29 is 0 Å². The summed E-state index contributed by atoms with van der Waals surface area (Å²) in [6, 6.07) is 87.4. The Balaban J connectivity index is 0.0000000914. The number of hydrogen-bond acceptors (Lipinski definition) is 6. The molecule has 0 saturated heterocycles. The van der Waals surface area contributed by atoms with E-state index in [0.717, 1.165) is 77.0 Å². The lowest BCUT2D eigenvalue weighted by Crippen LogP contribution is -2.25. The molecule has 0 amide bonds. The van der Waals surface area contributed by atoms with Crippen molar-refractivity contribution >= 4 is 51.2 Å². The normalized spacial score (nSPS) is 14.9. The predicted molar refractivity (Wildman–Crippen MR) is 423 cm³/mol. The van der Waals surface area contributed by atoms with E-state index in [9.17, 15) is 0 Å². The number of aromatic nitrogens is 3. The molecule has 0 bridgehead atoms. The lowest BCUT2D eigenvalue weighted by molar-refractivity contribution is 0.959. The quantitative estimate of drug-likeness (QED) is 0.151. The van der Waals surface area contributed by atoms with Gasteiger partial charge in [-0.05, 0) is 331 Å². The molecule has 0 radical (unpaired) electrons. The van der Waals surface area contributed by atoms with E-state index in [4.69, 9.17) is 9.97 Å². The Morgan fingerprint density at radius 2 is 0.438 bits per heavy atom. The summed E-state index contributed by atoms with van der Waals surface area (Å²) in [4.78, 5) is 21.8. The van der Waals surface area contributed by atoms with Gasteiger partial charge in [-0.3, -0.25) is 15.0 Å². The van der Waals surface area contributed by atoms with Crippen LogP contribution in [0, 0.1) is 0 Å².